The lowest BCUT2D eigenvalue weighted by atomic mass is 9.93. The van der Waals surface area contributed by atoms with E-state index in [9.17, 15) is 9.59 Å². The fraction of sp³-hybridized carbons (Fsp3) is 0.467. The molecule has 2 aromatic rings. The molecule has 2 aromatic heterocycles. The van der Waals surface area contributed by atoms with Crippen molar-refractivity contribution in [3.63, 3.8) is 0 Å². The number of aromatic nitrogens is 3. The number of carbonyl (C=O) groups is 2. The minimum absolute atomic E-state index is 0.124. The Hall–Kier alpha value is -2.44. The average molecular weight is 301 g/mol. The minimum atomic E-state index is -0.189. The summed E-state index contributed by atoms with van der Waals surface area (Å²) >= 11 is 0. The molecule has 0 aromatic carbocycles. The standard InChI is InChI=1S/C15H19N5O2/c1-10(21)19-7-4-11(5-8-19)13-3-6-17-14-12(15(22)16-2)9-18-20(13)14/h3,6,9,11H,4-5,7-8H2,1-2H3,(H,16,22). The van der Waals surface area contributed by atoms with Crippen molar-refractivity contribution in [1.82, 2.24) is 24.8 Å². The number of likely N-dealkylation sites (tertiary alicyclic amines) is 1. The number of nitrogens with zero attached hydrogens (tertiary/aromatic N) is 4. The quantitative estimate of drug-likeness (QED) is 0.890. The molecular weight excluding hydrogens is 282 g/mol. The third kappa shape index (κ3) is 2.43. The largest absolute Gasteiger partial charge is 0.355 e. The normalized spacial score (nSPS) is 16.0. The first-order chi connectivity index (χ1) is 10.6. The topological polar surface area (TPSA) is 79.6 Å². The Morgan fingerprint density at radius 2 is 2.05 bits per heavy atom. The molecule has 0 radical (unpaired) electrons. The summed E-state index contributed by atoms with van der Waals surface area (Å²) in [7, 11) is 1.59. The summed E-state index contributed by atoms with van der Waals surface area (Å²) < 4.78 is 1.75. The smallest absolute Gasteiger partial charge is 0.256 e. The molecule has 1 N–H and O–H groups in total. The van der Waals surface area contributed by atoms with Crippen molar-refractivity contribution >= 4 is 17.5 Å². The molecule has 2 amide bonds. The van der Waals surface area contributed by atoms with Crippen LogP contribution in [0.5, 0.6) is 0 Å². The first kappa shape index (κ1) is 14.5. The van der Waals surface area contributed by atoms with E-state index in [1.165, 1.54) is 0 Å². The van der Waals surface area contributed by atoms with Crippen LogP contribution in [0.2, 0.25) is 0 Å². The highest BCUT2D eigenvalue weighted by Crippen LogP contribution is 2.28. The molecular formula is C15H19N5O2. The number of piperidine rings is 1. The Bertz CT molecular complexity index is 716. The molecule has 7 nitrogen and oxygen atoms in total. The molecule has 7 heteroatoms. The van der Waals surface area contributed by atoms with Gasteiger partial charge in [-0.25, -0.2) is 9.50 Å². The predicted octanol–water partition coefficient (Wildman–Crippen LogP) is 0.815. The van der Waals surface area contributed by atoms with Gasteiger partial charge in [0, 0.05) is 44.9 Å². The van der Waals surface area contributed by atoms with Gasteiger partial charge in [0.15, 0.2) is 5.65 Å². The van der Waals surface area contributed by atoms with Crippen molar-refractivity contribution in [2.75, 3.05) is 20.1 Å². The molecule has 1 aliphatic rings. The highest BCUT2D eigenvalue weighted by Gasteiger charge is 2.25. The van der Waals surface area contributed by atoms with Crippen molar-refractivity contribution < 1.29 is 9.59 Å². The molecule has 0 saturated carbocycles. The van der Waals surface area contributed by atoms with E-state index in [1.807, 2.05) is 11.0 Å². The number of nitrogens with one attached hydrogen (secondary N) is 1. The molecule has 116 valence electrons. The van der Waals surface area contributed by atoms with Gasteiger partial charge in [-0.3, -0.25) is 9.59 Å². The molecule has 22 heavy (non-hydrogen) atoms. The van der Waals surface area contributed by atoms with Gasteiger partial charge in [-0.05, 0) is 18.9 Å². The molecule has 0 bridgehead atoms. The molecule has 3 rings (SSSR count). The van der Waals surface area contributed by atoms with E-state index in [0.29, 0.717) is 17.1 Å². The molecule has 0 unspecified atom stereocenters. The van der Waals surface area contributed by atoms with Crippen LogP contribution in [0.15, 0.2) is 18.5 Å². The highest BCUT2D eigenvalue weighted by atomic mass is 16.2. The number of rotatable bonds is 2. The Labute approximate surface area is 128 Å². The summed E-state index contributed by atoms with van der Waals surface area (Å²) in [6.45, 7) is 3.12. The van der Waals surface area contributed by atoms with Crippen LogP contribution in [0.25, 0.3) is 5.65 Å². The van der Waals surface area contributed by atoms with E-state index in [1.54, 1.807) is 30.9 Å². The minimum Gasteiger partial charge on any atom is -0.355 e. The second kappa shape index (κ2) is 5.75. The Morgan fingerprint density at radius 1 is 1.32 bits per heavy atom. The summed E-state index contributed by atoms with van der Waals surface area (Å²) in [5.74, 6) is 0.254. The maximum absolute atomic E-state index is 11.8. The van der Waals surface area contributed by atoms with Gasteiger partial charge in [0.2, 0.25) is 5.91 Å². The van der Waals surface area contributed by atoms with Crippen LogP contribution in [0.1, 0.15) is 41.7 Å². The number of hydrogen-bond acceptors (Lipinski definition) is 4. The molecule has 3 heterocycles. The van der Waals surface area contributed by atoms with E-state index in [0.717, 1.165) is 31.6 Å². The van der Waals surface area contributed by atoms with E-state index in [-0.39, 0.29) is 11.8 Å². The van der Waals surface area contributed by atoms with Crippen molar-refractivity contribution in [2.24, 2.45) is 0 Å². The Kier molecular flexibility index (Phi) is 3.79. The zero-order valence-electron chi connectivity index (χ0n) is 12.7. The van der Waals surface area contributed by atoms with Crippen LogP contribution in [-0.4, -0.2) is 51.4 Å². The van der Waals surface area contributed by atoms with Crippen LogP contribution in [0.4, 0.5) is 0 Å². The second-order valence-corrected chi connectivity index (χ2v) is 5.52. The Morgan fingerprint density at radius 3 is 2.68 bits per heavy atom. The molecule has 0 aliphatic carbocycles. The van der Waals surface area contributed by atoms with Gasteiger partial charge in [-0.2, -0.15) is 5.10 Å². The van der Waals surface area contributed by atoms with E-state index in [2.05, 4.69) is 15.4 Å². The summed E-state index contributed by atoms with van der Waals surface area (Å²) in [6, 6.07) is 1.95. The maximum Gasteiger partial charge on any atom is 0.256 e. The van der Waals surface area contributed by atoms with Crippen LogP contribution in [0.3, 0.4) is 0 Å². The van der Waals surface area contributed by atoms with E-state index in [4.69, 9.17) is 0 Å². The monoisotopic (exact) mass is 301 g/mol. The van der Waals surface area contributed by atoms with Gasteiger partial charge in [-0.1, -0.05) is 0 Å². The van der Waals surface area contributed by atoms with Gasteiger partial charge in [-0.15, -0.1) is 0 Å². The zero-order valence-corrected chi connectivity index (χ0v) is 12.7. The lowest BCUT2D eigenvalue weighted by Crippen LogP contribution is -2.36. The SMILES string of the molecule is CNC(=O)c1cnn2c(C3CCN(C(C)=O)CC3)ccnc12. The maximum atomic E-state index is 11.8. The number of amides is 2. The molecule has 1 saturated heterocycles. The van der Waals surface area contributed by atoms with Gasteiger partial charge < -0.3 is 10.2 Å². The summed E-state index contributed by atoms with van der Waals surface area (Å²) in [5.41, 5.74) is 2.10. The van der Waals surface area contributed by atoms with Crippen LogP contribution >= 0.6 is 0 Å². The highest BCUT2D eigenvalue weighted by molar-refractivity contribution is 5.99. The lowest BCUT2D eigenvalue weighted by Gasteiger charge is -2.31. The first-order valence-electron chi connectivity index (χ1n) is 7.42. The number of hydrogen-bond donors (Lipinski definition) is 1. The predicted molar refractivity (Wildman–Crippen MR) is 80.6 cm³/mol. The summed E-state index contributed by atoms with van der Waals surface area (Å²) in [4.78, 5) is 29.4. The zero-order chi connectivity index (χ0) is 15.7. The van der Waals surface area contributed by atoms with Gasteiger partial charge in [0.25, 0.3) is 5.91 Å². The molecule has 0 atom stereocenters. The van der Waals surface area contributed by atoms with Gasteiger partial charge >= 0.3 is 0 Å². The van der Waals surface area contributed by atoms with Crippen LogP contribution in [-0.2, 0) is 4.79 Å². The fourth-order valence-corrected chi connectivity index (χ4v) is 3.00. The van der Waals surface area contributed by atoms with Crippen LogP contribution in [0, 0.1) is 0 Å². The van der Waals surface area contributed by atoms with Gasteiger partial charge in [0.1, 0.15) is 5.56 Å². The van der Waals surface area contributed by atoms with Crippen molar-refractivity contribution in [2.45, 2.75) is 25.7 Å². The Balaban J connectivity index is 1.91. The average Bonchev–Trinajstić information content (AvgIpc) is 2.98. The third-order valence-corrected chi connectivity index (χ3v) is 4.26. The van der Waals surface area contributed by atoms with E-state index >= 15 is 0 Å². The first-order valence-corrected chi connectivity index (χ1v) is 7.42. The van der Waals surface area contributed by atoms with Gasteiger partial charge in [0.05, 0.1) is 6.20 Å². The number of carbonyl (C=O) groups excluding carboxylic acids is 2. The van der Waals surface area contributed by atoms with Crippen molar-refractivity contribution in [3.05, 3.63) is 29.7 Å². The molecule has 1 aliphatic heterocycles. The van der Waals surface area contributed by atoms with Crippen molar-refractivity contribution in [1.29, 1.82) is 0 Å². The summed E-state index contributed by atoms with van der Waals surface area (Å²) in [5, 5.41) is 6.93. The fourth-order valence-electron chi connectivity index (χ4n) is 3.00. The number of fused-ring (bicyclic) bond motifs is 1. The molecule has 1 fully saturated rings. The van der Waals surface area contributed by atoms with E-state index < -0.39 is 0 Å². The molecule has 0 spiro atoms. The summed E-state index contributed by atoms with van der Waals surface area (Å²) in [6.07, 6.45) is 5.06. The van der Waals surface area contributed by atoms with Crippen molar-refractivity contribution in [3.8, 4) is 0 Å². The lowest BCUT2D eigenvalue weighted by molar-refractivity contribution is -0.129. The van der Waals surface area contributed by atoms with Crippen LogP contribution < -0.4 is 5.32 Å². The third-order valence-electron chi connectivity index (χ3n) is 4.26. The second-order valence-electron chi connectivity index (χ2n) is 5.52.